The fraction of sp³-hybridized carbons (Fsp3) is 0.161. The summed E-state index contributed by atoms with van der Waals surface area (Å²) in [5.74, 6) is -1.02. The van der Waals surface area contributed by atoms with Crippen molar-refractivity contribution in [3.8, 4) is 22.6 Å². The first-order chi connectivity index (χ1) is 20.2. The summed E-state index contributed by atoms with van der Waals surface area (Å²) in [6.07, 6.45) is 0.107. The minimum absolute atomic E-state index is 0.00465. The van der Waals surface area contributed by atoms with Crippen molar-refractivity contribution >= 4 is 27.6 Å². The second kappa shape index (κ2) is 11.9. The van der Waals surface area contributed by atoms with Crippen molar-refractivity contribution in [3.63, 3.8) is 0 Å². The molecule has 1 aliphatic rings. The Morgan fingerprint density at radius 3 is 2.21 bits per heavy atom. The van der Waals surface area contributed by atoms with Gasteiger partial charge in [0.1, 0.15) is 30.0 Å². The minimum atomic E-state index is -4.18. The number of carbonyl (C=O) groups is 2. The third-order valence-corrected chi connectivity index (χ3v) is 8.75. The Bertz CT molecular complexity index is 1710. The van der Waals surface area contributed by atoms with E-state index in [9.17, 15) is 22.4 Å². The van der Waals surface area contributed by atoms with E-state index >= 15 is 0 Å². The SMILES string of the molecule is COc1cccc2c1CC(C(=O)NCCOc1ccc(C(=O)O)cc1)N2S(=O)(=O)c1ccc(-c2ccc(F)cc2)cc1. The van der Waals surface area contributed by atoms with Crippen LogP contribution in [0.4, 0.5) is 10.1 Å². The molecule has 1 unspecified atom stereocenters. The number of carbonyl (C=O) groups excluding carboxylic acids is 1. The lowest BCUT2D eigenvalue weighted by atomic mass is 10.1. The molecule has 216 valence electrons. The molecular weight excluding hydrogens is 563 g/mol. The normalized spacial score (nSPS) is 14.2. The van der Waals surface area contributed by atoms with Gasteiger partial charge in [-0.3, -0.25) is 9.10 Å². The number of hydrogen-bond acceptors (Lipinski definition) is 6. The van der Waals surface area contributed by atoms with E-state index in [4.69, 9.17) is 14.6 Å². The third kappa shape index (κ3) is 5.77. The van der Waals surface area contributed by atoms with Crippen LogP contribution in [0.15, 0.2) is 95.9 Å². The first-order valence-corrected chi connectivity index (χ1v) is 14.4. The van der Waals surface area contributed by atoms with Gasteiger partial charge in [-0.2, -0.15) is 0 Å². The van der Waals surface area contributed by atoms with Crippen LogP contribution in [-0.2, 0) is 21.2 Å². The number of aromatic carboxylic acids is 1. The van der Waals surface area contributed by atoms with Crippen LogP contribution in [-0.4, -0.2) is 51.7 Å². The molecule has 4 aromatic carbocycles. The lowest BCUT2D eigenvalue weighted by Crippen LogP contribution is -2.48. The zero-order valence-corrected chi connectivity index (χ0v) is 23.3. The molecule has 0 radical (unpaired) electrons. The lowest BCUT2D eigenvalue weighted by molar-refractivity contribution is -0.122. The number of hydrogen-bond donors (Lipinski definition) is 2. The third-order valence-electron chi connectivity index (χ3n) is 6.91. The molecule has 0 spiro atoms. The summed E-state index contributed by atoms with van der Waals surface area (Å²) in [4.78, 5) is 24.4. The van der Waals surface area contributed by atoms with E-state index in [1.54, 1.807) is 42.5 Å². The number of halogens is 1. The van der Waals surface area contributed by atoms with Gasteiger partial charge in [-0.1, -0.05) is 30.3 Å². The Hall–Kier alpha value is -4.90. The average Bonchev–Trinajstić information content (AvgIpc) is 3.41. The van der Waals surface area contributed by atoms with Crippen LogP contribution in [0.3, 0.4) is 0 Å². The molecule has 42 heavy (non-hydrogen) atoms. The van der Waals surface area contributed by atoms with E-state index in [1.165, 1.54) is 55.6 Å². The molecule has 2 N–H and O–H groups in total. The Kier molecular flexibility index (Phi) is 8.12. The van der Waals surface area contributed by atoms with Crippen molar-refractivity contribution in [1.29, 1.82) is 0 Å². The summed E-state index contributed by atoms with van der Waals surface area (Å²) < 4.78 is 53.5. The highest BCUT2D eigenvalue weighted by molar-refractivity contribution is 7.93. The molecule has 0 fully saturated rings. The summed E-state index contributed by atoms with van der Waals surface area (Å²) >= 11 is 0. The fourth-order valence-corrected chi connectivity index (χ4v) is 6.47. The number of carboxylic acids is 1. The predicted molar refractivity (Wildman–Crippen MR) is 154 cm³/mol. The van der Waals surface area contributed by atoms with Gasteiger partial charge in [0.15, 0.2) is 0 Å². The molecule has 0 aromatic heterocycles. The maximum Gasteiger partial charge on any atom is 0.335 e. The zero-order chi connectivity index (χ0) is 29.9. The molecule has 9 nitrogen and oxygen atoms in total. The number of benzene rings is 4. The van der Waals surface area contributed by atoms with Gasteiger partial charge >= 0.3 is 5.97 Å². The predicted octanol–water partition coefficient (Wildman–Crippen LogP) is 4.51. The van der Waals surface area contributed by atoms with Gasteiger partial charge in [0.25, 0.3) is 10.0 Å². The summed E-state index contributed by atoms with van der Waals surface area (Å²) in [6, 6.07) is 21.9. The molecule has 0 saturated carbocycles. The number of methoxy groups -OCH3 is 1. The van der Waals surface area contributed by atoms with Gasteiger partial charge in [-0.15, -0.1) is 0 Å². The lowest BCUT2D eigenvalue weighted by Gasteiger charge is -2.26. The number of fused-ring (bicyclic) bond motifs is 1. The Morgan fingerprint density at radius 2 is 1.60 bits per heavy atom. The van der Waals surface area contributed by atoms with Gasteiger partial charge in [0.05, 0.1) is 29.8 Å². The van der Waals surface area contributed by atoms with E-state index in [-0.39, 0.29) is 35.8 Å². The van der Waals surface area contributed by atoms with Crippen LogP contribution in [0, 0.1) is 5.82 Å². The largest absolute Gasteiger partial charge is 0.496 e. The molecule has 1 atom stereocenters. The molecule has 0 bridgehead atoms. The first kappa shape index (κ1) is 28.6. The number of sulfonamides is 1. The summed E-state index contributed by atoms with van der Waals surface area (Å²) in [7, 11) is -2.70. The monoisotopic (exact) mass is 590 g/mol. The van der Waals surface area contributed by atoms with E-state index in [1.807, 2.05) is 0 Å². The van der Waals surface area contributed by atoms with E-state index in [0.29, 0.717) is 28.3 Å². The van der Waals surface area contributed by atoms with Crippen molar-refractivity contribution in [2.24, 2.45) is 0 Å². The quantitative estimate of drug-likeness (QED) is 0.261. The highest BCUT2D eigenvalue weighted by atomic mass is 32.2. The van der Waals surface area contributed by atoms with E-state index in [0.717, 1.165) is 9.87 Å². The minimum Gasteiger partial charge on any atom is -0.496 e. The van der Waals surface area contributed by atoms with Crippen molar-refractivity contribution in [2.45, 2.75) is 17.4 Å². The van der Waals surface area contributed by atoms with Gasteiger partial charge in [0.2, 0.25) is 5.91 Å². The second-order valence-electron chi connectivity index (χ2n) is 9.48. The van der Waals surface area contributed by atoms with Crippen LogP contribution in [0.1, 0.15) is 15.9 Å². The number of rotatable bonds is 10. The van der Waals surface area contributed by atoms with Crippen LogP contribution in [0.25, 0.3) is 11.1 Å². The van der Waals surface area contributed by atoms with Gasteiger partial charge in [0, 0.05) is 12.0 Å². The van der Waals surface area contributed by atoms with E-state index in [2.05, 4.69) is 5.32 Å². The number of nitrogens with one attached hydrogen (secondary N) is 1. The molecule has 5 rings (SSSR count). The topological polar surface area (TPSA) is 122 Å². The Balaban J connectivity index is 1.35. The molecule has 4 aromatic rings. The van der Waals surface area contributed by atoms with Crippen molar-refractivity contribution in [2.75, 3.05) is 24.6 Å². The van der Waals surface area contributed by atoms with Crippen molar-refractivity contribution < 1.29 is 37.0 Å². The van der Waals surface area contributed by atoms with Gasteiger partial charge in [-0.05, 0) is 71.8 Å². The number of carboxylic acid groups (broad SMARTS) is 1. The average molecular weight is 591 g/mol. The molecular formula is C31H27FN2O7S. The smallest absolute Gasteiger partial charge is 0.335 e. The summed E-state index contributed by atoms with van der Waals surface area (Å²) in [5.41, 5.74) is 2.52. The van der Waals surface area contributed by atoms with Crippen LogP contribution < -0.4 is 19.1 Å². The summed E-state index contributed by atoms with van der Waals surface area (Å²) in [6.45, 7) is 0.169. The second-order valence-corrected chi connectivity index (χ2v) is 11.3. The molecule has 0 aliphatic carbocycles. The van der Waals surface area contributed by atoms with Crippen molar-refractivity contribution in [3.05, 3.63) is 108 Å². The Labute approximate surface area is 242 Å². The van der Waals surface area contributed by atoms with Crippen LogP contribution in [0.5, 0.6) is 11.5 Å². The number of amides is 1. The molecule has 1 amide bonds. The maximum atomic E-state index is 14.0. The van der Waals surface area contributed by atoms with Crippen LogP contribution >= 0.6 is 0 Å². The number of anilines is 1. The molecule has 1 aliphatic heterocycles. The Morgan fingerprint density at radius 1 is 0.952 bits per heavy atom. The zero-order valence-electron chi connectivity index (χ0n) is 22.5. The molecule has 1 heterocycles. The molecule has 0 saturated heterocycles. The van der Waals surface area contributed by atoms with E-state index < -0.39 is 27.9 Å². The highest BCUT2D eigenvalue weighted by Crippen LogP contribution is 2.41. The van der Waals surface area contributed by atoms with Crippen LogP contribution in [0.2, 0.25) is 0 Å². The van der Waals surface area contributed by atoms with Gasteiger partial charge in [-0.25, -0.2) is 17.6 Å². The number of ether oxygens (including phenoxy) is 2. The van der Waals surface area contributed by atoms with Crippen molar-refractivity contribution in [1.82, 2.24) is 5.32 Å². The maximum absolute atomic E-state index is 14.0. The highest BCUT2D eigenvalue weighted by Gasteiger charge is 2.43. The van der Waals surface area contributed by atoms with Gasteiger partial charge < -0.3 is 19.9 Å². The standard InChI is InChI=1S/C31H27FN2O7S/c1-40-29-4-2-3-27-26(29)19-28(30(35)33-17-18-41-24-13-7-22(8-14-24)31(36)37)34(27)42(38,39)25-15-9-21(10-16-25)20-5-11-23(32)12-6-20/h2-16,28H,17-19H2,1H3,(H,33,35)(H,36,37). The molecule has 11 heteroatoms. The first-order valence-electron chi connectivity index (χ1n) is 13.0. The summed E-state index contributed by atoms with van der Waals surface area (Å²) in [5, 5.41) is 11.8. The fourth-order valence-electron chi connectivity index (χ4n) is 4.83. The number of nitrogens with zero attached hydrogens (tertiary/aromatic N) is 1.